The second-order valence-corrected chi connectivity index (χ2v) is 5.08. The van der Waals surface area contributed by atoms with E-state index < -0.39 is 0 Å². The Balaban J connectivity index is 0.00000264. The lowest BCUT2D eigenvalue weighted by Crippen LogP contribution is -2.36. The molecule has 0 radical (unpaired) electrons. The van der Waals surface area contributed by atoms with Crippen LogP contribution in [0.2, 0.25) is 0 Å². The Morgan fingerprint density at radius 1 is 1.04 bits per heavy atom. The zero-order valence-corrected chi connectivity index (χ0v) is 15.7. The molecule has 0 saturated carbocycles. The van der Waals surface area contributed by atoms with E-state index in [9.17, 15) is 0 Å². The monoisotopic (exact) mass is 420 g/mol. The molecule has 0 saturated heterocycles. The molecule has 23 heavy (non-hydrogen) atoms. The van der Waals surface area contributed by atoms with Crippen molar-refractivity contribution in [2.45, 2.75) is 20.0 Å². The summed E-state index contributed by atoms with van der Waals surface area (Å²) in [6, 6.07) is 18.1. The quantitative estimate of drug-likeness (QED) is 0.453. The van der Waals surface area contributed by atoms with E-state index in [4.69, 9.17) is 5.26 Å². The van der Waals surface area contributed by atoms with E-state index in [1.807, 2.05) is 18.2 Å². The Kier molecular flexibility index (Phi) is 8.13. The van der Waals surface area contributed by atoms with Crippen LogP contribution in [-0.2, 0) is 13.1 Å². The van der Waals surface area contributed by atoms with Crippen LogP contribution < -0.4 is 10.6 Å². The third-order valence-electron chi connectivity index (χ3n) is 3.28. The maximum Gasteiger partial charge on any atom is 0.191 e. The van der Waals surface area contributed by atoms with Gasteiger partial charge >= 0.3 is 0 Å². The Bertz CT molecular complexity index is 704. The highest BCUT2D eigenvalue weighted by atomic mass is 127. The lowest BCUT2D eigenvalue weighted by atomic mass is 10.1. The van der Waals surface area contributed by atoms with Gasteiger partial charge in [0.05, 0.1) is 11.6 Å². The van der Waals surface area contributed by atoms with Crippen LogP contribution in [0.1, 0.15) is 22.3 Å². The van der Waals surface area contributed by atoms with Crippen LogP contribution in [-0.4, -0.2) is 13.0 Å². The highest BCUT2D eigenvalue weighted by Crippen LogP contribution is 2.04. The molecule has 2 rings (SSSR count). The number of hydrogen-bond acceptors (Lipinski definition) is 2. The number of nitrogens with zero attached hydrogens (tertiary/aromatic N) is 2. The fourth-order valence-electron chi connectivity index (χ4n) is 2.17. The fourth-order valence-corrected chi connectivity index (χ4v) is 2.17. The number of nitriles is 1. The molecular formula is C18H21IN4. The molecule has 120 valence electrons. The van der Waals surface area contributed by atoms with Crippen molar-refractivity contribution >= 4 is 29.9 Å². The summed E-state index contributed by atoms with van der Waals surface area (Å²) in [5.41, 5.74) is 4.18. The van der Waals surface area contributed by atoms with Crippen LogP contribution in [0.25, 0.3) is 0 Å². The molecule has 0 aliphatic carbocycles. The van der Waals surface area contributed by atoms with E-state index in [1.165, 1.54) is 11.1 Å². The van der Waals surface area contributed by atoms with E-state index in [0.717, 1.165) is 18.1 Å². The van der Waals surface area contributed by atoms with Gasteiger partial charge < -0.3 is 10.6 Å². The minimum atomic E-state index is 0. The van der Waals surface area contributed by atoms with Gasteiger partial charge in [0, 0.05) is 20.1 Å². The molecule has 2 N–H and O–H groups in total. The Morgan fingerprint density at radius 3 is 2.22 bits per heavy atom. The minimum Gasteiger partial charge on any atom is -0.352 e. The normalized spacial score (nSPS) is 10.4. The minimum absolute atomic E-state index is 0. The number of benzene rings is 2. The number of guanidine groups is 1. The molecule has 2 aromatic rings. The first kappa shape index (κ1) is 19.0. The first-order chi connectivity index (χ1) is 10.7. The van der Waals surface area contributed by atoms with Gasteiger partial charge in [0.1, 0.15) is 0 Å². The number of aliphatic imine (C=N–C) groups is 1. The van der Waals surface area contributed by atoms with Crippen LogP contribution in [0.5, 0.6) is 0 Å². The van der Waals surface area contributed by atoms with Crippen molar-refractivity contribution < 1.29 is 0 Å². The van der Waals surface area contributed by atoms with Gasteiger partial charge in [-0.2, -0.15) is 5.26 Å². The number of halogens is 1. The zero-order valence-electron chi connectivity index (χ0n) is 13.3. The standard InChI is InChI=1S/C18H20N4.HI/c1-14-5-3-7-16(9-14)12-21-18(20-2)22-13-17-8-4-6-15(10-17)11-19;/h3-10H,12-13H2,1-2H3,(H2,20,21,22);1H. The van der Waals surface area contributed by atoms with E-state index in [1.54, 1.807) is 13.1 Å². The maximum absolute atomic E-state index is 8.91. The average Bonchev–Trinajstić information content (AvgIpc) is 2.55. The lowest BCUT2D eigenvalue weighted by Gasteiger charge is -2.12. The van der Waals surface area contributed by atoms with Gasteiger partial charge in [0.2, 0.25) is 0 Å². The molecule has 0 aliphatic rings. The second-order valence-electron chi connectivity index (χ2n) is 5.08. The highest BCUT2D eigenvalue weighted by Gasteiger charge is 2.00. The number of rotatable bonds is 4. The molecule has 0 aromatic heterocycles. The predicted octanol–water partition coefficient (Wildman–Crippen LogP) is 3.35. The number of aryl methyl sites for hydroxylation is 1. The third kappa shape index (κ3) is 6.28. The van der Waals surface area contributed by atoms with Crippen molar-refractivity contribution in [3.8, 4) is 6.07 Å². The molecule has 0 spiro atoms. The van der Waals surface area contributed by atoms with Crippen molar-refractivity contribution in [2.75, 3.05) is 7.05 Å². The summed E-state index contributed by atoms with van der Waals surface area (Å²) in [5, 5.41) is 15.4. The second kappa shape index (κ2) is 9.85. The SMILES string of the molecule is CN=C(NCc1cccc(C)c1)NCc1cccc(C#N)c1.I. The third-order valence-corrected chi connectivity index (χ3v) is 3.28. The molecular weight excluding hydrogens is 399 g/mol. The molecule has 5 heteroatoms. The van der Waals surface area contributed by atoms with Crippen LogP contribution in [0, 0.1) is 18.3 Å². The molecule has 0 aliphatic heterocycles. The molecule has 0 fully saturated rings. The Hall–Kier alpha value is -2.07. The van der Waals surface area contributed by atoms with E-state index in [0.29, 0.717) is 12.1 Å². The topological polar surface area (TPSA) is 60.2 Å². The van der Waals surface area contributed by atoms with Crippen molar-refractivity contribution in [2.24, 2.45) is 4.99 Å². The van der Waals surface area contributed by atoms with Gasteiger partial charge in [0.15, 0.2) is 5.96 Å². The molecule has 0 heterocycles. The highest BCUT2D eigenvalue weighted by molar-refractivity contribution is 14.0. The lowest BCUT2D eigenvalue weighted by molar-refractivity contribution is 0.808. The Labute approximate surface area is 154 Å². The molecule has 2 aromatic carbocycles. The molecule has 0 amide bonds. The van der Waals surface area contributed by atoms with E-state index in [2.05, 4.69) is 52.9 Å². The zero-order chi connectivity index (χ0) is 15.8. The predicted molar refractivity (Wildman–Crippen MR) is 105 cm³/mol. The summed E-state index contributed by atoms with van der Waals surface area (Å²) in [6.45, 7) is 3.43. The summed E-state index contributed by atoms with van der Waals surface area (Å²) in [6.07, 6.45) is 0. The van der Waals surface area contributed by atoms with Crippen molar-refractivity contribution in [1.29, 1.82) is 5.26 Å². The van der Waals surface area contributed by atoms with Gasteiger partial charge in [-0.3, -0.25) is 4.99 Å². The van der Waals surface area contributed by atoms with Crippen molar-refractivity contribution in [3.63, 3.8) is 0 Å². The molecule has 0 bridgehead atoms. The van der Waals surface area contributed by atoms with E-state index >= 15 is 0 Å². The van der Waals surface area contributed by atoms with Crippen LogP contribution in [0.4, 0.5) is 0 Å². The Morgan fingerprint density at radius 2 is 1.65 bits per heavy atom. The summed E-state index contributed by atoms with van der Waals surface area (Å²) < 4.78 is 0. The molecule has 0 unspecified atom stereocenters. The average molecular weight is 420 g/mol. The van der Waals surface area contributed by atoms with Gasteiger partial charge in [-0.1, -0.05) is 42.0 Å². The molecule has 0 atom stereocenters. The van der Waals surface area contributed by atoms with Gasteiger partial charge in [0.25, 0.3) is 0 Å². The van der Waals surface area contributed by atoms with Crippen molar-refractivity contribution in [3.05, 3.63) is 70.8 Å². The molecule has 4 nitrogen and oxygen atoms in total. The first-order valence-electron chi connectivity index (χ1n) is 7.20. The van der Waals surface area contributed by atoms with Gasteiger partial charge in [-0.15, -0.1) is 24.0 Å². The number of nitrogens with one attached hydrogen (secondary N) is 2. The summed E-state index contributed by atoms with van der Waals surface area (Å²) in [7, 11) is 1.75. The van der Waals surface area contributed by atoms with Crippen molar-refractivity contribution in [1.82, 2.24) is 10.6 Å². The van der Waals surface area contributed by atoms with Crippen LogP contribution in [0.3, 0.4) is 0 Å². The van der Waals surface area contributed by atoms with E-state index in [-0.39, 0.29) is 24.0 Å². The van der Waals surface area contributed by atoms with Crippen LogP contribution >= 0.6 is 24.0 Å². The van der Waals surface area contributed by atoms with Gasteiger partial charge in [-0.05, 0) is 30.2 Å². The largest absolute Gasteiger partial charge is 0.352 e. The maximum atomic E-state index is 8.91. The number of hydrogen-bond donors (Lipinski definition) is 2. The summed E-state index contributed by atoms with van der Waals surface area (Å²) in [4.78, 5) is 4.21. The summed E-state index contributed by atoms with van der Waals surface area (Å²) >= 11 is 0. The fraction of sp³-hybridized carbons (Fsp3) is 0.222. The summed E-state index contributed by atoms with van der Waals surface area (Å²) in [5.74, 6) is 0.740. The first-order valence-corrected chi connectivity index (χ1v) is 7.20. The van der Waals surface area contributed by atoms with Crippen LogP contribution in [0.15, 0.2) is 53.5 Å². The smallest absolute Gasteiger partial charge is 0.191 e. The van der Waals surface area contributed by atoms with Gasteiger partial charge in [-0.25, -0.2) is 0 Å².